The van der Waals surface area contributed by atoms with Gasteiger partial charge in [-0.25, -0.2) is 4.79 Å². The SMILES string of the molecule is CC1(C)C2CCC1(NC(=O)c1cnn3c1CN(C(N)=O)CC3)CC2O. The van der Waals surface area contributed by atoms with Crippen LogP contribution in [0.4, 0.5) is 4.79 Å². The summed E-state index contributed by atoms with van der Waals surface area (Å²) in [5.74, 6) is 0.0367. The van der Waals surface area contributed by atoms with Crippen LogP contribution in [-0.4, -0.2) is 49.9 Å². The molecule has 1 aromatic heterocycles. The van der Waals surface area contributed by atoms with Crippen molar-refractivity contribution in [2.75, 3.05) is 6.54 Å². The van der Waals surface area contributed by atoms with Gasteiger partial charge in [-0.1, -0.05) is 13.8 Å². The van der Waals surface area contributed by atoms with E-state index in [1.165, 1.54) is 4.90 Å². The number of amides is 3. The third-order valence-electron chi connectivity index (χ3n) is 6.84. The van der Waals surface area contributed by atoms with Crippen LogP contribution < -0.4 is 11.1 Å². The number of urea groups is 1. The zero-order valence-corrected chi connectivity index (χ0v) is 14.7. The van der Waals surface area contributed by atoms with Crippen molar-refractivity contribution in [1.29, 1.82) is 0 Å². The van der Waals surface area contributed by atoms with Crippen LogP contribution in [0.25, 0.3) is 0 Å². The van der Waals surface area contributed by atoms with Crippen molar-refractivity contribution in [3.63, 3.8) is 0 Å². The molecule has 8 heteroatoms. The number of nitrogens with two attached hydrogens (primary N) is 1. The average Bonchev–Trinajstić information content (AvgIpc) is 3.12. The van der Waals surface area contributed by atoms with E-state index in [0.717, 1.165) is 12.8 Å². The molecule has 2 saturated carbocycles. The average molecular weight is 347 g/mol. The molecule has 2 heterocycles. The molecule has 8 nitrogen and oxygen atoms in total. The van der Waals surface area contributed by atoms with Gasteiger partial charge in [0.05, 0.1) is 36.6 Å². The number of carbonyl (C=O) groups excluding carboxylic acids is 2. The number of nitrogens with zero attached hydrogens (tertiary/aromatic N) is 3. The second kappa shape index (κ2) is 5.20. The van der Waals surface area contributed by atoms with Gasteiger partial charge < -0.3 is 21.1 Å². The lowest BCUT2D eigenvalue weighted by atomic mass is 9.76. The lowest BCUT2D eigenvalue weighted by Crippen LogP contribution is -2.53. The number of aliphatic hydroxyl groups is 1. The van der Waals surface area contributed by atoms with Gasteiger partial charge in [0, 0.05) is 12.1 Å². The van der Waals surface area contributed by atoms with Gasteiger partial charge in [0.1, 0.15) is 0 Å². The van der Waals surface area contributed by atoms with Gasteiger partial charge in [-0.05, 0) is 30.6 Å². The number of aliphatic hydroxyl groups excluding tert-OH is 1. The summed E-state index contributed by atoms with van der Waals surface area (Å²) in [5.41, 5.74) is 6.05. The smallest absolute Gasteiger partial charge is 0.315 e. The van der Waals surface area contributed by atoms with E-state index in [9.17, 15) is 14.7 Å². The molecule has 2 fully saturated rings. The molecule has 1 aliphatic heterocycles. The van der Waals surface area contributed by atoms with Gasteiger partial charge >= 0.3 is 6.03 Å². The molecule has 0 aromatic carbocycles. The van der Waals surface area contributed by atoms with Crippen molar-refractivity contribution < 1.29 is 14.7 Å². The maximum Gasteiger partial charge on any atom is 0.315 e. The third-order valence-corrected chi connectivity index (χ3v) is 6.84. The van der Waals surface area contributed by atoms with E-state index in [0.29, 0.717) is 37.3 Å². The fourth-order valence-corrected chi connectivity index (χ4v) is 5.16. The summed E-state index contributed by atoms with van der Waals surface area (Å²) in [6.07, 6.45) is 3.60. The minimum Gasteiger partial charge on any atom is -0.393 e. The van der Waals surface area contributed by atoms with E-state index in [2.05, 4.69) is 24.3 Å². The first-order valence-corrected chi connectivity index (χ1v) is 8.85. The number of fused-ring (bicyclic) bond motifs is 3. The quantitative estimate of drug-likeness (QED) is 0.720. The molecule has 0 spiro atoms. The van der Waals surface area contributed by atoms with E-state index in [1.54, 1.807) is 10.9 Å². The van der Waals surface area contributed by atoms with Crippen molar-refractivity contribution in [3.8, 4) is 0 Å². The van der Waals surface area contributed by atoms with Gasteiger partial charge in [0.25, 0.3) is 5.91 Å². The summed E-state index contributed by atoms with van der Waals surface area (Å²) in [6.45, 7) is 5.57. The van der Waals surface area contributed by atoms with E-state index in [1.807, 2.05) is 0 Å². The van der Waals surface area contributed by atoms with Crippen molar-refractivity contribution in [2.24, 2.45) is 17.1 Å². The second-order valence-electron chi connectivity index (χ2n) is 8.16. The molecule has 2 aliphatic carbocycles. The molecule has 2 bridgehead atoms. The zero-order valence-electron chi connectivity index (χ0n) is 14.7. The predicted molar refractivity (Wildman–Crippen MR) is 89.5 cm³/mol. The Bertz CT molecular complexity index is 743. The molecule has 25 heavy (non-hydrogen) atoms. The van der Waals surface area contributed by atoms with Crippen LogP contribution in [0.3, 0.4) is 0 Å². The second-order valence-corrected chi connectivity index (χ2v) is 8.16. The largest absolute Gasteiger partial charge is 0.393 e. The fourth-order valence-electron chi connectivity index (χ4n) is 5.16. The molecule has 3 amide bonds. The van der Waals surface area contributed by atoms with Crippen LogP contribution in [0.2, 0.25) is 0 Å². The van der Waals surface area contributed by atoms with Crippen LogP contribution in [0, 0.1) is 11.3 Å². The highest BCUT2D eigenvalue weighted by Gasteiger charge is 2.63. The maximum absolute atomic E-state index is 13.0. The lowest BCUT2D eigenvalue weighted by molar-refractivity contribution is 0.0814. The molecule has 136 valence electrons. The van der Waals surface area contributed by atoms with E-state index >= 15 is 0 Å². The summed E-state index contributed by atoms with van der Waals surface area (Å²) < 4.78 is 1.76. The van der Waals surface area contributed by atoms with Crippen molar-refractivity contribution >= 4 is 11.9 Å². The topological polar surface area (TPSA) is 113 Å². The highest BCUT2D eigenvalue weighted by Crippen LogP contribution is 2.60. The van der Waals surface area contributed by atoms with Gasteiger partial charge in [-0.15, -0.1) is 0 Å². The Labute approximate surface area is 146 Å². The molecule has 0 radical (unpaired) electrons. The Morgan fingerprint density at radius 1 is 1.40 bits per heavy atom. The molecule has 4 rings (SSSR count). The standard InChI is InChI=1S/C17H25N5O3/c1-16(2)11-3-4-17(16,7-13(11)23)20-14(24)10-8-19-22-6-5-21(15(18)25)9-12(10)22/h8,11,13,23H,3-7,9H2,1-2H3,(H2,18,25)(H,20,24). The first-order chi connectivity index (χ1) is 11.7. The number of rotatable bonds is 2. The number of primary amides is 1. The Balaban J connectivity index is 1.59. The number of hydrogen-bond donors (Lipinski definition) is 3. The molecule has 3 aliphatic rings. The normalized spacial score (nSPS) is 32.5. The van der Waals surface area contributed by atoms with Crippen molar-refractivity contribution in [2.45, 2.75) is 57.8 Å². The first kappa shape index (κ1) is 16.4. The number of nitrogens with one attached hydrogen (secondary N) is 1. The van der Waals surface area contributed by atoms with E-state index in [-0.39, 0.29) is 28.9 Å². The van der Waals surface area contributed by atoms with E-state index < -0.39 is 6.03 Å². The minimum absolute atomic E-state index is 0.144. The molecular weight excluding hydrogens is 322 g/mol. The van der Waals surface area contributed by atoms with E-state index in [4.69, 9.17) is 5.73 Å². The van der Waals surface area contributed by atoms with Crippen LogP contribution in [0.15, 0.2) is 6.20 Å². The third kappa shape index (κ3) is 2.19. The number of carbonyl (C=O) groups is 2. The summed E-state index contributed by atoms with van der Waals surface area (Å²) in [6, 6.07) is -0.490. The molecule has 3 atom stereocenters. The van der Waals surface area contributed by atoms with Crippen molar-refractivity contribution in [1.82, 2.24) is 20.0 Å². The van der Waals surface area contributed by atoms with Gasteiger partial charge in [0.2, 0.25) is 0 Å². The molecule has 1 aromatic rings. The summed E-state index contributed by atoms with van der Waals surface area (Å²) in [7, 11) is 0. The summed E-state index contributed by atoms with van der Waals surface area (Å²) in [4.78, 5) is 26.0. The van der Waals surface area contributed by atoms with Gasteiger partial charge in [-0.3, -0.25) is 9.48 Å². The predicted octanol–water partition coefficient (Wildman–Crippen LogP) is 0.447. The fraction of sp³-hybridized carbons (Fsp3) is 0.706. The molecule has 3 unspecified atom stereocenters. The minimum atomic E-state index is -0.490. The highest BCUT2D eigenvalue weighted by molar-refractivity contribution is 5.96. The Hall–Kier alpha value is -2.09. The Morgan fingerprint density at radius 2 is 2.16 bits per heavy atom. The molecular formula is C17H25N5O3. The van der Waals surface area contributed by atoms with Gasteiger partial charge in [-0.2, -0.15) is 5.10 Å². The zero-order chi connectivity index (χ0) is 18.0. The monoisotopic (exact) mass is 347 g/mol. The summed E-state index contributed by atoms with van der Waals surface area (Å²) >= 11 is 0. The lowest BCUT2D eigenvalue weighted by Gasteiger charge is -2.38. The Morgan fingerprint density at radius 3 is 2.76 bits per heavy atom. The van der Waals surface area contributed by atoms with Crippen LogP contribution in [-0.2, 0) is 13.1 Å². The first-order valence-electron chi connectivity index (χ1n) is 8.85. The van der Waals surface area contributed by atoms with Gasteiger partial charge in [0.15, 0.2) is 0 Å². The summed E-state index contributed by atoms with van der Waals surface area (Å²) in [5, 5.41) is 17.8. The van der Waals surface area contributed by atoms with Crippen LogP contribution >= 0.6 is 0 Å². The van der Waals surface area contributed by atoms with Crippen LogP contribution in [0.1, 0.15) is 49.2 Å². The highest BCUT2D eigenvalue weighted by atomic mass is 16.3. The van der Waals surface area contributed by atoms with Crippen molar-refractivity contribution in [3.05, 3.63) is 17.5 Å². The maximum atomic E-state index is 13.0. The Kier molecular flexibility index (Phi) is 3.41. The van der Waals surface area contributed by atoms with Crippen LogP contribution in [0.5, 0.6) is 0 Å². The number of hydrogen-bond acceptors (Lipinski definition) is 4. The molecule has 0 saturated heterocycles. The number of aromatic nitrogens is 2. The molecule has 4 N–H and O–H groups in total.